The summed E-state index contributed by atoms with van der Waals surface area (Å²) < 4.78 is 1.15. The molecule has 1 aromatic heterocycles. The van der Waals surface area contributed by atoms with Gasteiger partial charge in [0.25, 0.3) is 5.91 Å². The topological polar surface area (TPSA) is 29.1 Å². The van der Waals surface area contributed by atoms with Gasteiger partial charge in [-0.15, -0.1) is 11.3 Å². The Labute approximate surface area is 113 Å². The zero-order chi connectivity index (χ0) is 11.4. The predicted molar refractivity (Wildman–Crippen MR) is 75.9 cm³/mol. The van der Waals surface area contributed by atoms with Gasteiger partial charge in [0.05, 0.1) is 8.45 Å². The van der Waals surface area contributed by atoms with Gasteiger partial charge in [-0.05, 0) is 54.3 Å². The van der Waals surface area contributed by atoms with Gasteiger partial charge in [0.15, 0.2) is 0 Å². The standard InChI is InChI=1S/C12H14INOS/c13-11-7-10(8-16-11)12(15)14-6-5-9-3-1-2-4-9/h3,7-8H,1-2,4-6H2,(H,14,15). The molecule has 86 valence electrons. The van der Waals surface area contributed by atoms with Crippen molar-refractivity contribution in [2.24, 2.45) is 0 Å². The molecule has 1 amide bonds. The smallest absolute Gasteiger partial charge is 0.252 e. The maximum absolute atomic E-state index is 11.7. The van der Waals surface area contributed by atoms with E-state index >= 15 is 0 Å². The lowest BCUT2D eigenvalue weighted by Crippen LogP contribution is -2.24. The average molecular weight is 347 g/mol. The van der Waals surface area contributed by atoms with E-state index in [0.717, 1.165) is 21.4 Å². The Morgan fingerprint density at radius 1 is 1.56 bits per heavy atom. The summed E-state index contributed by atoms with van der Waals surface area (Å²) in [6.07, 6.45) is 7.02. The van der Waals surface area contributed by atoms with E-state index in [9.17, 15) is 4.79 Å². The molecule has 1 aliphatic carbocycles. The maximum atomic E-state index is 11.7. The summed E-state index contributed by atoms with van der Waals surface area (Å²) in [4.78, 5) is 11.7. The molecular formula is C12H14INOS. The molecule has 1 N–H and O–H groups in total. The number of carbonyl (C=O) groups is 1. The van der Waals surface area contributed by atoms with E-state index in [1.54, 1.807) is 11.3 Å². The first kappa shape index (κ1) is 12.1. The fraction of sp³-hybridized carbons (Fsp3) is 0.417. The van der Waals surface area contributed by atoms with Crippen LogP contribution in [0.5, 0.6) is 0 Å². The van der Waals surface area contributed by atoms with E-state index in [0.29, 0.717) is 0 Å². The van der Waals surface area contributed by atoms with Crippen molar-refractivity contribution >= 4 is 39.8 Å². The lowest BCUT2D eigenvalue weighted by atomic mass is 10.1. The van der Waals surface area contributed by atoms with Crippen molar-refractivity contribution in [1.82, 2.24) is 5.32 Å². The summed E-state index contributed by atoms with van der Waals surface area (Å²) in [5, 5.41) is 4.87. The van der Waals surface area contributed by atoms with Crippen LogP contribution >= 0.6 is 33.9 Å². The molecule has 0 saturated carbocycles. The van der Waals surface area contributed by atoms with Crippen LogP contribution in [0.2, 0.25) is 0 Å². The van der Waals surface area contributed by atoms with Gasteiger partial charge in [-0.1, -0.05) is 11.6 Å². The quantitative estimate of drug-likeness (QED) is 0.655. The highest BCUT2D eigenvalue weighted by atomic mass is 127. The van der Waals surface area contributed by atoms with Crippen LogP contribution in [0, 0.1) is 2.88 Å². The summed E-state index contributed by atoms with van der Waals surface area (Å²) in [7, 11) is 0. The Kier molecular flexibility index (Phi) is 4.40. The molecule has 0 fully saturated rings. The molecule has 2 nitrogen and oxygen atoms in total. The van der Waals surface area contributed by atoms with Gasteiger partial charge in [-0.2, -0.15) is 0 Å². The van der Waals surface area contributed by atoms with E-state index in [4.69, 9.17) is 0 Å². The van der Waals surface area contributed by atoms with E-state index < -0.39 is 0 Å². The van der Waals surface area contributed by atoms with Crippen LogP contribution in [-0.4, -0.2) is 12.5 Å². The monoisotopic (exact) mass is 347 g/mol. The Balaban J connectivity index is 1.75. The van der Waals surface area contributed by atoms with Crippen molar-refractivity contribution in [1.29, 1.82) is 0 Å². The molecule has 1 aromatic rings. The molecule has 0 aromatic carbocycles. The van der Waals surface area contributed by atoms with Crippen LogP contribution in [0.1, 0.15) is 36.0 Å². The van der Waals surface area contributed by atoms with E-state index in [1.807, 2.05) is 11.4 Å². The number of rotatable bonds is 4. The predicted octanol–water partition coefficient (Wildman–Crippen LogP) is 3.58. The van der Waals surface area contributed by atoms with E-state index in [-0.39, 0.29) is 5.91 Å². The molecule has 4 heteroatoms. The largest absolute Gasteiger partial charge is 0.352 e. The van der Waals surface area contributed by atoms with E-state index in [1.165, 1.54) is 24.8 Å². The Bertz CT molecular complexity index is 411. The first-order valence-corrected chi connectivity index (χ1v) is 7.41. The van der Waals surface area contributed by atoms with Gasteiger partial charge in [0.2, 0.25) is 0 Å². The molecule has 1 aliphatic rings. The van der Waals surface area contributed by atoms with Crippen molar-refractivity contribution in [3.05, 3.63) is 31.5 Å². The third-order valence-electron chi connectivity index (χ3n) is 2.70. The SMILES string of the molecule is O=C(NCCC1=CCCC1)c1csc(I)c1. The van der Waals surface area contributed by atoms with Gasteiger partial charge >= 0.3 is 0 Å². The number of hydrogen-bond acceptors (Lipinski definition) is 2. The molecule has 0 atom stereocenters. The highest BCUT2D eigenvalue weighted by Gasteiger charge is 2.08. The third-order valence-corrected chi connectivity index (χ3v) is 4.49. The number of thiophene rings is 1. The molecule has 16 heavy (non-hydrogen) atoms. The number of carbonyl (C=O) groups excluding carboxylic acids is 1. The zero-order valence-corrected chi connectivity index (χ0v) is 11.9. The molecule has 0 saturated heterocycles. The van der Waals surface area contributed by atoms with Gasteiger partial charge in [-0.3, -0.25) is 4.79 Å². The minimum absolute atomic E-state index is 0.0535. The second-order valence-corrected chi connectivity index (χ2v) is 6.71. The summed E-state index contributed by atoms with van der Waals surface area (Å²) in [6.45, 7) is 0.761. The molecule has 2 rings (SSSR count). The van der Waals surface area contributed by atoms with Gasteiger partial charge in [0.1, 0.15) is 0 Å². The van der Waals surface area contributed by atoms with Crippen molar-refractivity contribution in [2.45, 2.75) is 25.7 Å². The zero-order valence-electron chi connectivity index (χ0n) is 8.96. The Morgan fingerprint density at radius 3 is 3.06 bits per heavy atom. The van der Waals surface area contributed by atoms with Crippen LogP contribution in [0.15, 0.2) is 23.1 Å². The number of hydrogen-bond donors (Lipinski definition) is 1. The van der Waals surface area contributed by atoms with Crippen LogP contribution in [0.3, 0.4) is 0 Å². The lowest BCUT2D eigenvalue weighted by molar-refractivity contribution is 0.0954. The molecular weight excluding hydrogens is 333 g/mol. The van der Waals surface area contributed by atoms with Crippen LogP contribution in [-0.2, 0) is 0 Å². The fourth-order valence-electron chi connectivity index (χ4n) is 1.83. The molecule has 0 spiro atoms. The minimum Gasteiger partial charge on any atom is -0.352 e. The average Bonchev–Trinajstić information content (AvgIpc) is 2.89. The van der Waals surface area contributed by atoms with Gasteiger partial charge in [-0.25, -0.2) is 0 Å². The van der Waals surface area contributed by atoms with Crippen molar-refractivity contribution in [3.63, 3.8) is 0 Å². The van der Waals surface area contributed by atoms with Crippen molar-refractivity contribution < 1.29 is 4.79 Å². The highest BCUT2D eigenvalue weighted by Crippen LogP contribution is 2.20. The summed E-state index contributed by atoms with van der Waals surface area (Å²) in [5.74, 6) is 0.0535. The Morgan fingerprint density at radius 2 is 2.44 bits per heavy atom. The Hall–Kier alpha value is -0.360. The summed E-state index contributed by atoms with van der Waals surface area (Å²) in [6, 6.07) is 1.93. The minimum atomic E-state index is 0.0535. The molecule has 0 unspecified atom stereocenters. The fourth-order valence-corrected chi connectivity index (χ4v) is 3.16. The first-order valence-electron chi connectivity index (χ1n) is 5.46. The molecule has 0 aliphatic heterocycles. The molecule has 0 bridgehead atoms. The second kappa shape index (κ2) is 5.82. The van der Waals surface area contributed by atoms with E-state index in [2.05, 4.69) is 34.0 Å². The van der Waals surface area contributed by atoms with Crippen molar-refractivity contribution in [3.8, 4) is 0 Å². The first-order chi connectivity index (χ1) is 7.75. The lowest BCUT2D eigenvalue weighted by Gasteiger charge is -2.04. The number of nitrogens with one attached hydrogen (secondary N) is 1. The molecule has 0 radical (unpaired) electrons. The van der Waals surface area contributed by atoms with Gasteiger partial charge < -0.3 is 5.32 Å². The van der Waals surface area contributed by atoms with Crippen LogP contribution < -0.4 is 5.32 Å². The van der Waals surface area contributed by atoms with Crippen molar-refractivity contribution in [2.75, 3.05) is 6.54 Å². The summed E-state index contributed by atoms with van der Waals surface area (Å²) >= 11 is 3.84. The second-order valence-electron chi connectivity index (χ2n) is 3.90. The normalized spacial score (nSPS) is 14.9. The van der Waals surface area contributed by atoms with Gasteiger partial charge in [0, 0.05) is 11.9 Å². The number of allylic oxidation sites excluding steroid dienone is 1. The maximum Gasteiger partial charge on any atom is 0.252 e. The van der Waals surface area contributed by atoms with Crippen LogP contribution in [0.4, 0.5) is 0 Å². The number of halogens is 1. The number of amides is 1. The van der Waals surface area contributed by atoms with Crippen LogP contribution in [0.25, 0.3) is 0 Å². The highest BCUT2D eigenvalue weighted by molar-refractivity contribution is 14.1. The summed E-state index contributed by atoms with van der Waals surface area (Å²) in [5.41, 5.74) is 2.29. The third kappa shape index (κ3) is 3.31. The molecule has 1 heterocycles.